The minimum absolute atomic E-state index is 0.138. The zero-order valence-electron chi connectivity index (χ0n) is 8.91. The SMILES string of the molecule is CC(C)(C)c1cc(Cl)ccc1S(N)(=O)=O. The third-order valence-electron chi connectivity index (χ3n) is 2.06. The highest BCUT2D eigenvalue weighted by Crippen LogP contribution is 2.30. The van der Waals surface area contributed by atoms with E-state index in [0.717, 1.165) is 0 Å². The summed E-state index contributed by atoms with van der Waals surface area (Å²) in [7, 11) is -3.69. The first-order valence-electron chi connectivity index (χ1n) is 4.45. The summed E-state index contributed by atoms with van der Waals surface area (Å²) in [6.07, 6.45) is 0. The van der Waals surface area contributed by atoms with Crippen LogP contribution < -0.4 is 5.14 Å². The summed E-state index contributed by atoms with van der Waals surface area (Å²) in [6.45, 7) is 5.73. The lowest BCUT2D eigenvalue weighted by Gasteiger charge is -2.22. The van der Waals surface area contributed by atoms with E-state index in [9.17, 15) is 8.42 Å². The molecule has 0 radical (unpaired) electrons. The normalized spacial score (nSPS) is 12.9. The van der Waals surface area contributed by atoms with E-state index in [1.54, 1.807) is 6.07 Å². The van der Waals surface area contributed by atoms with Gasteiger partial charge in [-0.25, -0.2) is 13.6 Å². The molecule has 0 bridgehead atoms. The predicted molar refractivity (Wildman–Crippen MR) is 61.5 cm³/mol. The van der Waals surface area contributed by atoms with Gasteiger partial charge in [0, 0.05) is 5.02 Å². The highest BCUT2D eigenvalue weighted by molar-refractivity contribution is 7.89. The van der Waals surface area contributed by atoms with Crippen LogP contribution in [0, 0.1) is 0 Å². The second-order valence-corrected chi connectivity index (χ2v) is 6.40. The zero-order chi connectivity index (χ0) is 11.9. The van der Waals surface area contributed by atoms with Crippen molar-refractivity contribution < 1.29 is 8.42 Å². The predicted octanol–water partition coefficient (Wildman–Crippen LogP) is 2.28. The Morgan fingerprint density at radius 1 is 1.27 bits per heavy atom. The lowest BCUT2D eigenvalue weighted by molar-refractivity contribution is 0.562. The molecule has 0 saturated carbocycles. The minimum atomic E-state index is -3.69. The number of hydrogen-bond donors (Lipinski definition) is 1. The number of halogens is 1. The average molecular weight is 248 g/mol. The molecular formula is C10H14ClNO2S. The van der Waals surface area contributed by atoms with E-state index in [2.05, 4.69) is 0 Å². The molecule has 1 rings (SSSR count). The molecule has 0 amide bonds. The molecule has 0 unspecified atom stereocenters. The molecule has 0 aliphatic rings. The van der Waals surface area contributed by atoms with Gasteiger partial charge in [-0.05, 0) is 29.2 Å². The van der Waals surface area contributed by atoms with Crippen LogP contribution in [0.3, 0.4) is 0 Å². The van der Waals surface area contributed by atoms with Crippen LogP contribution in [0.25, 0.3) is 0 Å². The second-order valence-electron chi connectivity index (χ2n) is 4.44. The quantitative estimate of drug-likeness (QED) is 0.828. The van der Waals surface area contributed by atoms with Crippen LogP contribution in [0.4, 0.5) is 0 Å². The highest BCUT2D eigenvalue weighted by Gasteiger charge is 2.23. The van der Waals surface area contributed by atoms with E-state index in [1.165, 1.54) is 12.1 Å². The largest absolute Gasteiger partial charge is 0.238 e. The third kappa shape index (κ3) is 2.93. The van der Waals surface area contributed by atoms with E-state index in [4.69, 9.17) is 16.7 Å². The van der Waals surface area contributed by atoms with Gasteiger partial charge in [-0.1, -0.05) is 32.4 Å². The summed E-state index contributed by atoms with van der Waals surface area (Å²) < 4.78 is 22.7. The van der Waals surface area contributed by atoms with Gasteiger partial charge in [-0.2, -0.15) is 0 Å². The van der Waals surface area contributed by atoms with Gasteiger partial charge in [-0.15, -0.1) is 0 Å². The van der Waals surface area contributed by atoms with Gasteiger partial charge in [0.2, 0.25) is 10.0 Å². The molecule has 0 atom stereocenters. The monoisotopic (exact) mass is 247 g/mol. The Morgan fingerprint density at radius 3 is 2.20 bits per heavy atom. The summed E-state index contributed by atoms with van der Waals surface area (Å²) in [5, 5.41) is 5.64. The van der Waals surface area contributed by atoms with Crippen molar-refractivity contribution >= 4 is 21.6 Å². The van der Waals surface area contributed by atoms with Gasteiger partial charge < -0.3 is 0 Å². The number of nitrogens with two attached hydrogens (primary N) is 1. The van der Waals surface area contributed by atoms with Gasteiger partial charge in [-0.3, -0.25) is 0 Å². The Balaban J connectivity index is 3.55. The van der Waals surface area contributed by atoms with Crippen LogP contribution >= 0.6 is 11.6 Å². The molecule has 84 valence electrons. The van der Waals surface area contributed by atoms with Crippen LogP contribution in [0.15, 0.2) is 23.1 Å². The summed E-state index contributed by atoms with van der Waals surface area (Å²) in [6, 6.07) is 4.61. The molecule has 1 aromatic carbocycles. The van der Waals surface area contributed by atoms with Crippen molar-refractivity contribution in [3.05, 3.63) is 28.8 Å². The lowest BCUT2D eigenvalue weighted by Crippen LogP contribution is -2.21. The van der Waals surface area contributed by atoms with Crippen LogP contribution in [0.5, 0.6) is 0 Å². The van der Waals surface area contributed by atoms with E-state index in [0.29, 0.717) is 10.6 Å². The van der Waals surface area contributed by atoms with Gasteiger partial charge in [0.05, 0.1) is 4.90 Å². The van der Waals surface area contributed by atoms with Gasteiger partial charge in [0.1, 0.15) is 0 Å². The molecule has 0 heterocycles. The first-order chi connectivity index (χ1) is 6.62. The first-order valence-corrected chi connectivity index (χ1v) is 6.37. The van der Waals surface area contributed by atoms with Crippen molar-refractivity contribution in [1.82, 2.24) is 0 Å². The second kappa shape index (κ2) is 3.77. The van der Waals surface area contributed by atoms with Gasteiger partial charge in [0.15, 0.2) is 0 Å². The summed E-state index contributed by atoms with van der Waals surface area (Å²) in [4.78, 5) is 0.138. The number of rotatable bonds is 1. The molecule has 5 heteroatoms. The molecule has 0 aliphatic carbocycles. The molecule has 0 spiro atoms. The smallest absolute Gasteiger partial charge is 0.225 e. The van der Waals surface area contributed by atoms with Gasteiger partial charge in [0.25, 0.3) is 0 Å². The molecule has 1 aromatic rings. The average Bonchev–Trinajstić information content (AvgIpc) is 2.00. The summed E-state index contributed by atoms with van der Waals surface area (Å²) in [5.41, 5.74) is 0.324. The standard InChI is InChI=1S/C10H14ClNO2S/c1-10(2,3)8-6-7(11)4-5-9(8)15(12,13)14/h4-6H,1-3H3,(H2,12,13,14). The molecule has 2 N–H and O–H groups in total. The highest BCUT2D eigenvalue weighted by atomic mass is 35.5. The zero-order valence-corrected chi connectivity index (χ0v) is 10.5. The summed E-state index contributed by atoms with van der Waals surface area (Å²) in [5.74, 6) is 0. The lowest BCUT2D eigenvalue weighted by atomic mass is 9.87. The molecular weight excluding hydrogens is 234 g/mol. The molecule has 0 aliphatic heterocycles. The van der Waals surface area contributed by atoms with Crippen molar-refractivity contribution in [1.29, 1.82) is 0 Å². The number of primary sulfonamides is 1. The summed E-state index contributed by atoms with van der Waals surface area (Å²) >= 11 is 5.84. The van der Waals surface area contributed by atoms with Crippen LogP contribution in [-0.4, -0.2) is 8.42 Å². The Hall–Kier alpha value is -0.580. The Labute approximate surface area is 95.3 Å². The first kappa shape index (κ1) is 12.5. The molecule has 15 heavy (non-hydrogen) atoms. The van der Waals surface area contributed by atoms with Crippen LogP contribution in [-0.2, 0) is 15.4 Å². The number of benzene rings is 1. The number of sulfonamides is 1. The van der Waals surface area contributed by atoms with Crippen LogP contribution in [0.2, 0.25) is 5.02 Å². The van der Waals surface area contributed by atoms with E-state index in [1.807, 2.05) is 20.8 Å². The van der Waals surface area contributed by atoms with Crippen LogP contribution in [0.1, 0.15) is 26.3 Å². The maximum absolute atomic E-state index is 11.3. The molecule has 0 saturated heterocycles. The minimum Gasteiger partial charge on any atom is -0.225 e. The third-order valence-corrected chi connectivity index (χ3v) is 3.26. The topological polar surface area (TPSA) is 60.2 Å². The van der Waals surface area contributed by atoms with Crippen molar-refractivity contribution in [2.75, 3.05) is 0 Å². The Bertz CT molecular complexity index is 475. The number of hydrogen-bond acceptors (Lipinski definition) is 2. The van der Waals surface area contributed by atoms with Crippen molar-refractivity contribution in [3.63, 3.8) is 0 Å². The Kier molecular flexibility index (Phi) is 3.14. The van der Waals surface area contributed by atoms with E-state index in [-0.39, 0.29) is 10.3 Å². The van der Waals surface area contributed by atoms with Crippen molar-refractivity contribution in [2.24, 2.45) is 5.14 Å². The van der Waals surface area contributed by atoms with E-state index >= 15 is 0 Å². The maximum Gasteiger partial charge on any atom is 0.238 e. The van der Waals surface area contributed by atoms with Crippen molar-refractivity contribution in [2.45, 2.75) is 31.1 Å². The molecule has 0 aromatic heterocycles. The van der Waals surface area contributed by atoms with Crippen molar-refractivity contribution in [3.8, 4) is 0 Å². The molecule has 0 fully saturated rings. The Morgan fingerprint density at radius 2 is 1.80 bits per heavy atom. The maximum atomic E-state index is 11.3. The van der Waals surface area contributed by atoms with Gasteiger partial charge >= 0.3 is 0 Å². The molecule has 3 nitrogen and oxygen atoms in total. The fourth-order valence-electron chi connectivity index (χ4n) is 1.34. The fraction of sp³-hybridized carbons (Fsp3) is 0.400. The van der Waals surface area contributed by atoms with E-state index < -0.39 is 10.0 Å². The fourth-order valence-corrected chi connectivity index (χ4v) is 2.44.